The maximum atomic E-state index is 12.3. The molecular formula is C11H13F2N3O2. The molecule has 1 aromatic carbocycles. The lowest BCUT2D eigenvalue weighted by Gasteiger charge is -2.15. The lowest BCUT2D eigenvalue weighted by molar-refractivity contribution is -0.0512. The van der Waals surface area contributed by atoms with Crippen molar-refractivity contribution >= 4 is 5.96 Å². The minimum atomic E-state index is -2.90. The highest BCUT2D eigenvalue weighted by Crippen LogP contribution is 2.32. The number of benzene rings is 1. The van der Waals surface area contributed by atoms with Gasteiger partial charge in [-0.2, -0.15) is 8.78 Å². The summed E-state index contributed by atoms with van der Waals surface area (Å²) < 4.78 is 33.9. The van der Waals surface area contributed by atoms with Gasteiger partial charge in [-0.25, -0.2) is 0 Å². The van der Waals surface area contributed by atoms with Gasteiger partial charge in [0, 0.05) is 0 Å². The molecule has 1 heterocycles. The van der Waals surface area contributed by atoms with Crippen molar-refractivity contribution in [3.05, 3.63) is 23.8 Å². The fraction of sp³-hybridized carbons (Fsp3) is 0.364. The number of nitrogens with zero attached hydrogens (tertiary/aromatic N) is 1. The van der Waals surface area contributed by atoms with Crippen LogP contribution in [0.1, 0.15) is 11.6 Å². The van der Waals surface area contributed by atoms with Crippen LogP contribution in [0.25, 0.3) is 0 Å². The van der Waals surface area contributed by atoms with Crippen LogP contribution in [0, 0.1) is 0 Å². The first kappa shape index (κ1) is 12.4. The quantitative estimate of drug-likeness (QED) is 0.852. The molecule has 0 saturated carbocycles. The molecule has 0 fully saturated rings. The van der Waals surface area contributed by atoms with E-state index in [0.717, 1.165) is 5.56 Å². The maximum Gasteiger partial charge on any atom is 0.387 e. The van der Waals surface area contributed by atoms with E-state index in [9.17, 15) is 8.78 Å². The lowest BCUT2D eigenvalue weighted by atomic mass is 10.1. The Morgan fingerprint density at radius 2 is 2.22 bits per heavy atom. The number of ether oxygens (including phenoxy) is 2. The summed E-state index contributed by atoms with van der Waals surface area (Å²) in [5, 5.41) is 2.93. The van der Waals surface area contributed by atoms with Crippen molar-refractivity contribution in [2.45, 2.75) is 12.7 Å². The number of nitrogens with two attached hydrogens (primary N) is 1. The van der Waals surface area contributed by atoms with E-state index < -0.39 is 6.61 Å². The summed E-state index contributed by atoms with van der Waals surface area (Å²) in [6.07, 6.45) is 0. The van der Waals surface area contributed by atoms with Crippen molar-refractivity contribution in [1.29, 1.82) is 0 Å². The van der Waals surface area contributed by atoms with Crippen LogP contribution < -0.4 is 20.5 Å². The molecule has 18 heavy (non-hydrogen) atoms. The number of aliphatic imine (C=N–C) groups is 1. The van der Waals surface area contributed by atoms with Crippen LogP contribution in [0.4, 0.5) is 8.78 Å². The summed E-state index contributed by atoms with van der Waals surface area (Å²) in [4.78, 5) is 3.99. The van der Waals surface area contributed by atoms with E-state index in [-0.39, 0.29) is 17.5 Å². The average molecular weight is 257 g/mol. The van der Waals surface area contributed by atoms with Crippen LogP contribution in [-0.2, 0) is 0 Å². The van der Waals surface area contributed by atoms with E-state index >= 15 is 0 Å². The van der Waals surface area contributed by atoms with Gasteiger partial charge >= 0.3 is 6.61 Å². The van der Waals surface area contributed by atoms with Gasteiger partial charge in [-0.1, -0.05) is 6.07 Å². The lowest BCUT2D eigenvalue weighted by Crippen LogP contribution is -2.29. The van der Waals surface area contributed by atoms with Crippen molar-refractivity contribution < 1.29 is 18.3 Å². The summed E-state index contributed by atoms with van der Waals surface area (Å²) in [6.45, 7) is -2.43. The normalized spacial score (nSPS) is 18.4. The summed E-state index contributed by atoms with van der Waals surface area (Å²) in [5.41, 5.74) is 6.26. The Hall–Kier alpha value is -2.05. The first-order valence-corrected chi connectivity index (χ1v) is 5.29. The topological polar surface area (TPSA) is 68.9 Å². The predicted molar refractivity (Wildman–Crippen MR) is 62.0 cm³/mol. The first-order chi connectivity index (χ1) is 8.60. The standard InChI is InChI=1S/C11H13F2N3O2/c1-17-8-3-2-6(4-9(8)18-10(12)13)7-5-15-11(14)16-7/h2-4,7,10H,5H2,1H3,(H3,14,15,16). The maximum absolute atomic E-state index is 12.3. The molecule has 0 spiro atoms. The molecule has 0 saturated heterocycles. The molecule has 1 atom stereocenters. The summed E-state index contributed by atoms with van der Waals surface area (Å²) in [7, 11) is 1.39. The molecule has 5 nitrogen and oxygen atoms in total. The molecule has 0 radical (unpaired) electrons. The van der Waals surface area contributed by atoms with Crippen molar-refractivity contribution in [1.82, 2.24) is 5.32 Å². The Kier molecular flexibility index (Phi) is 3.50. The third-order valence-electron chi connectivity index (χ3n) is 2.57. The molecule has 3 N–H and O–H groups in total. The molecule has 1 aliphatic heterocycles. The Morgan fingerprint density at radius 3 is 2.78 bits per heavy atom. The van der Waals surface area contributed by atoms with Crippen LogP contribution in [0.5, 0.6) is 11.5 Å². The van der Waals surface area contributed by atoms with E-state index in [1.165, 1.54) is 13.2 Å². The molecule has 2 rings (SSSR count). The van der Waals surface area contributed by atoms with Gasteiger partial charge in [0.1, 0.15) is 0 Å². The number of rotatable bonds is 4. The minimum absolute atomic E-state index is 0.00253. The predicted octanol–water partition coefficient (Wildman–Crippen LogP) is 1.26. The van der Waals surface area contributed by atoms with Crippen molar-refractivity contribution in [3.8, 4) is 11.5 Å². The van der Waals surface area contributed by atoms with Gasteiger partial charge in [-0.05, 0) is 17.7 Å². The summed E-state index contributed by atoms with van der Waals surface area (Å²) >= 11 is 0. The highest BCUT2D eigenvalue weighted by atomic mass is 19.3. The fourth-order valence-electron chi connectivity index (χ4n) is 1.75. The molecular weight excluding hydrogens is 244 g/mol. The molecule has 0 aliphatic carbocycles. The highest BCUT2D eigenvalue weighted by molar-refractivity contribution is 5.80. The van der Waals surface area contributed by atoms with Crippen molar-refractivity contribution in [2.24, 2.45) is 10.7 Å². The van der Waals surface area contributed by atoms with E-state index in [1.54, 1.807) is 12.1 Å². The monoisotopic (exact) mass is 257 g/mol. The molecule has 0 aromatic heterocycles. The van der Waals surface area contributed by atoms with Crippen molar-refractivity contribution in [2.75, 3.05) is 13.7 Å². The average Bonchev–Trinajstić information content (AvgIpc) is 2.75. The number of nitrogens with one attached hydrogen (secondary N) is 1. The largest absolute Gasteiger partial charge is 0.493 e. The van der Waals surface area contributed by atoms with Crippen LogP contribution in [-0.4, -0.2) is 26.2 Å². The number of methoxy groups -OCH3 is 1. The number of guanidine groups is 1. The van der Waals surface area contributed by atoms with Crippen LogP contribution in [0.2, 0.25) is 0 Å². The zero-order valence-electron chi connectivity index (χ0n) is 9.69. The summed E-state index contributed by atoms with van der Waals surface area (Å²) in [6, 6.07) is 4.69. The zero-order chi connectivity index (χ0) is 13.1. The smallest absolute Gasteiger partial charge is 0.387 e. The van der Waals surface area contributed by atoms with Gasteiger partial charge in [0.25, 0.3) is 0 Å². The molecule has 0 bridgehead atoms. The van der Waals surface area contributed by atoms with Crippen LogP contribution >= 0.6 is 0 Å². The molecule has 7 heteroatoms. The molecule has 1 unspecified atom stereocenters. The Balaban J connectivity index is 2.22. The van der Waals surface area contributed by atoms with E-state index in [1.807, 2.05) is 0 Å². The fourth-order valence-corrected chi connectivity index (χ4v) is 1.75. The Morgan fingerprint density at radius 1 is 1.44 bits per heavy atom. The molecule has 98 valence electrons. The first-order valence-electron chi connectivity index (χ1n) is 5.29. The number of halogens is 2. The van der Waals surface area contributed by atoms with E-state index in [2.05, 4.69) is 15.0 Å². The van der Waals surface area contributed by atoms with Gasteiger partial charge in [-0.15, -0.1) is 0 Å². The van der Waals surface area contributed by atoms with Gasteiger partial charge < -0.3 is 20.5 Å². The van der Waals surface area contributed by atoms with Crippen molar-refractivity contribution in [3.63, 3.8) is 0 Å². The molecule has 1 aromatic rings. The second-order valence-electron chi connectivity index (χ2n) is 3.71. The Bertz CT molecular complexity index is 466. The van der Waals surface area contributed by atoms with E-state index in [0.29, 0.717) is 12.5 Å². The van der Waals surface area contributed by atoms with Crippen LogP contribution in [0.15, 0.2) is 23.2 Å². The van der Waals surface area contributed by atoms with Gasteiger partial charge in [-0.3, -0.25) is 4.99 Å². The summed E-state index contributed by atoms with van der Waals surface area (Å²) in [5.74, 6) is 0.593. The third kappa shape index (κ3) is 2.61. The SMILES string of the molecule is COc1ccc(C2CN=C(N)N2)cc1OC(F)F. The molecule has 0 amide bonds. The number of hydrogen-bond donors (Lipinski definition) is 2. The van der Waals surface area contributed by atoms with Gasteiger partial charge in [0.2, 0.25) is 0 Å². The molecule has 1 aliphatic rings. The Labute approximate surface area is 103 Å². The highest BCUT2D eigenvalue weighted by Gasteiger charge is 2.20. The van der Waals surface area contributed by atoms with Gasteiger partial charge in [0.15, 0.2) is 17.5 Å². The second-order valence-corrected chi connectivity index (χ2v) is 3.71. The van der Waals surface area contributed by atoms with Crippen LogP contribution in [0.3, 0.4) is 0 Å². The third-order valence-corrected chi connectivity index (χ3v) is 2.57. The second kappa shape index (κ2) is 5.07. The number of hydrogen-bond acceptors (Lipinski definition) is 5. The van der Waals surface area contributed by atoms with E-state index in [4.69, 9.17) is 10.5 Å². The minimum Gasteiger partial charge on any atom is -0.493 e. The van der Waals surface area contributed by atoms with Gasteiger partial charge in [0.05, 0.1) is 19.7 Å². The number of alkyl halides is 2. The zero-order valence-corrected chi connectivity index (χ0v) is 9.69.